The maximum atomic E-state index is 13.1. The highest BCUT2D eigenvalue weighted by molar-refractivity contribution is 7.13. The van der Waals surface area contributed by atoms with Crippen LogP contribution < -0.4 is 5.32 Å². The summed E-state index contributed by atoms with van der Waals surface area (Å²) >= 11 is 7.36. The highest BCUT2D eigenvalue weighted by atomic mass is 35.5. The van der Waals surface area contributed by atoms with Crippen LogP contribution in [0.15, 0.2) is 35.8 Å². The van der Waals surface area contributed by atoms with Crippen LogP contribution in [0.25, 0.3) is 5.69 Å². The highest BCUT2D eigenvalue weighted by Gasteiger charge is 2.36. The Morgan fingerprint density at radius 2 is 2.18 bits per heavy atom. The van der Waals surface area contributed by atoms with Gasteiger partial charge in [0.1, 0.15) is 6.04 Å². The quantitative estimate of drug-likeness (QED) is 0.705. The Balaban J connectivity index is 1.56. The summed E-state index contributed by atoms with van der Waals surface area (Å²) < 4.78 is 0. The van der Waals surface area contributed by atoms with Crippen molar-refractivity contribution in [3.05, 3.63) is 52.3 Å². The predicted molar refractivity (Wildman–Crippen MR) is 106 cm³/mol. The van der Waals surface area contributed by atoms with Crippen molar-refractivity contribution in [3.8, 4) is 5.69 Å². The van der Waals surface area contributed by atoms with Gasteiger partial charge in [-0.15, -0.1) is 16.4 Å². The number of carbonyl (C=O) groups excluding carboxylic acids is 2. The molecule has 0 aliphatic carbocycles. The standard InChI is InChI=1S/C18H17ClN6O2S/c1-11-15(23-25(22-11)13-5-2-4-12(19)10-13)17(27)24-8-3-6-14(24)16(26)21-18-20-7-9-28-18/h2,4-5,7,9-10,14H,3,6,8H2,1H3,(H,20,21,26). The molecule has 28 heavy (non-hydrogen) atoms. The third kappa shape index (κ3) is 3.63. The first-order chi connectivity index (χ1) is 13.5. The molecule has 1 aliphatic heterocycles. The molecule has 1 N–H and O–H groups in total. The van der Waals surface area contributed by atoms with Gasteiger partial charge in [0.2, 0.25) is 5.91 Å². The Labute approximate surface area is 170 Å². The fourth-order valence-electron chi connectivity index (χ4n) is 3.18. The third-order valence-corrected chi connectivity index (χ3v) is 5.43. The fourth-order valence-corrected chi connectivity index (χ4v) is 3.90. The first-order valence-corrected chi connectivity index (χ1v) is 10.00. The van der Waals surface area contributed by atoms with Gasteiger partial charge in [-0.3, -0.25) is 9.59 Å². The van der Waals surface area contributed by atoms with E-state index < -0.39 is 6.04 Å². The summed E-state index contributed by atoms with van der Waals surface area (Å²) in [6.07, 6.45) is 2.98. The van der Waals surface area contributed by atoms with Crippen LogP contribution in [0.3, 0.4) is 0 Å². The molecule has 8 nitrogen and oxygen atoms in total. The summed E-state index contributed by atoms with van der Waals surface area (Å²) in [5.74, 6) is -0.539. The van der Waals surface area contributed by atoms with Gasteiger partial charge in [0.05, 0.1) is 11.4 Å². The van der Waals surface area contributed by atoms with Gasteiger partial charge >= 0.3 is 0 Å². The predicted octanol–water partition coefficient (Wildman–Crippen LogP) is 2.93. The van der Waals surface area contributed by atoms with Gasteiger partial charge in [-0.1, -0.05) is 17.7 Å². The van der Waals surface area contributed by atoms with E-state index in [1.807, 2.05) is 0 Å². The van der Waals surface area contributed by atoms with Crippen molar-refractivity contribution in [2.45, 2.75) is 25.8 Å². The lowest BCUT2D eigenvalue weighted by atomic mass is 10.2. The van der Waals surface area contributed by atoms with E-state index in [9.17, 15) is 9.59 Å². The Kier molecular flexibility index (Phi) is 5.10. The Morgan fingerprint density at radius 3 is 2.93 bits per heavy atom. The van der Waals surface area contributed by atoms with E-state index in [1.165, 1.54) is 16.1 Å². The molecule has 0 saturated carbocycles. The molecule has 2 amide bonds. The number of halogens is 1. The number of amides is 2. The summed E-state index contributed by atoms with van der Waals surface area (Å²) in [6.45, 7) is 2.22. The molecule has 1 aliphatic rings. The first-order valence-electron chi connectivity index (χ1n) is 8.74. The number of anilines is 1. The van der Waals surface area contributed by atoms with Crippen molar-refractivity contribution in [2.24, 2.45) is 0 Å². The van der Waals surface area contributed by atoms with Gasteiger partial charge in [-0.25, -0.2) is 4.98 Å². The summed E-state index contributed by atoms with van der Waals surface area (Å²) in [4.78, 5) is 32.7. The maximum absolute atomic E-state index is 13.1. The zero-order valence-electron chi connectivity index (χ0n) is 15.0. The van der Waals surface area contributed by atoms with Crippen molar-refractivity contribution in [1.82, 2.24) is 24.9 Å². The van der Waals surface area contributed by atoms with Gasteiger partial charge in [0.15, 0.2) is 10.8 Å². The van der Waals surface area contributed by atoms with Gasteiger partial charge < -0.3 is 10.2 Å². The molecular weight excluding hydrogens is 400 g/mol. The van der Waals surface area contributed by atoms with Crippen LogP contribution in [0.2, 0.25) is 5.02 Å². The number of rotatable bonds is 4. The number of thiazole rings is 1. The average molecular weight is 417 g/mol. The number of carbonyl (C=O) groups is 2. The minimum absolute atomic E-state index is 0.230. The number of benzene rings is 1. The number of hydrogen-bond donors (Lipinski definition) is 1. The Hall–Kier alpha value is -2.78. The summed E-state index contributed by atoms with van der Waals surface area (Å²) in [7, 11) is 0. The molecule has 10 heteroatoms. The molecule has 0 bridgehead atoms. The lowest BCUT2D eigenvalue weighted by molar-refractivity contribution is -0.119. The van der Waals surface area contributed by atoms with E-state index in [0.29, 0.717) is 34.5 Å². The number of nitrogens with zero attached hydrogens (tertiary/aromatic N) is 5. The lowest BCUT2D eigenvalue weighted by Gasteiger charge is -2.22. The molecule has 3 aromatic rings. The number of hydrogen-bond acceptors (Lipinski definition) is 6. The zero-order chi connectivity index (χ0) is 19.7. The second-order valence-corrected chi connectivity index (χ2v) is 7.72. The Morgan fingerprint density at radius 1 is 1.32 bits per heavy atom. The number of aromatic nitrogens is 4. The minimum Gasteiger partial charge on any atom is -0.325 e. The maximum Gasteiger partial charge on any atom is 0.277 e. The van der Waals surface area contributed by atoms with Crippen molar-refractivity contribution in [1.29, 1.82) is 0 Å². The van der Waals surface area contributed by atoms with Crippen LogP contribution in [0.5, 0.6) is 0 Å². The molecule has 0 radical (unpaired) electrons. The van der Waals surface area contributed by atoms with E-state index in [-0.39, 0.29) is 17.5 Å². The van der Waals surface area contributed by atoms with Gasteiger partial charge in [0.25, 0.3) is 5.91 Å². The number of likely N-dealkylation sites (tertiary alicyclic amines) is 1. The highest BCUT2D eigenvalue weighted by Crippen LogP contribution is 2.23. The van der Waals surface area contributed by atoms with Crippen molar-refractivity contribution in [3.63, 3.8) is 0 Å². The van der Waals surface area contributed by atoms with Crippen LogP contribution >= 0.6 is 22.9 Å². The van der Waals surface area contributed by atoms with Gasteiger partial charge in [-0.2, -0.15) is 9.90 Å². The molecule has 1 unspecified atom stereocenters. The fraction of sp³-hybridized carbons (Fsp3) is 0.278. The van der Waals surface area contributed by atoms with E-state index >= 15 is 0 Å². The molecule has 1 fully saturated rings. The van der Waals surface area contributed by atoms with Crippen molar-refractivity contribution in [2.75, 3.05) is 11.9 Å². The molecule has 2 aromatic heterocycles. The van der Waals surface area contributed by atoms with E-state index in [4.69, 9.17) is 11.6 Å². The minimum atomic E-state index is -0.549. The van der Waals surface area contributed by atoms with Crippen molar-refractivity contribution >= 4 is 39.9 Å². The van der Waals surface area contributed by atoms with E-state index in [0.717, 1.165) is 6.42 Å². The summed E-state index contributed by atoms with van der Waals surface area (Å²) in [5.41, 5.74) is 1.39. The SMILES string of the molecule is Cc1nn(-c2cccc(Cl)c2)nc1C(=O)N1CCCC1C(=O)Nc1nccs1. The van der Waals surface area contributed by atoms with Crippen LogP contribution in [0.1, 0.15) is 29.0 Å². The van der Waals surface area contributed by atoms with E-state index in [2.05, 4.69) is 20.5 Å². The van der Waals surface area contributed by atoms with Crippen LogP contribution in [-0.2, 0) is 4.79 Å². The molecule has 144 valence electrons. The molecule has 3 heterocycles. The average Bonchev–Trinajstić information content (AvgIpc) is 3.41. The molecular formula is C18H17ClN6O2S. The van der Waals surface area contributed by atoms with Crippen LogP contribution in [0.4, 0.5) is 5.13 Å². The molecule has 4 rings (SSSR count). The van der Waals surface area contributed by atoms with Gasteiger partial charge in [0, 0.05) is 23.1 Å². The second kappa shape index (κ2) is 7.69. The number of nitrogens with one attached hydrogen (secondary N) is 1. The third-order valence-electron chi connectivity index (χ3n) is 4.50. The van der Waals surface area contributed by atoms with Crippen molar-refractivity contribution < 1.29 is 9.59 Å². The normalized spacial score (nSPS) is 16.4. The van der Waals surface area contributed by atoms with E-state index in [1.54, 1.807) is 47.7 Å². The van der Waals surface area contributed by atoms with Gasteiger partial charge in [-0.05, 0) is 38.0 Å². The monoisotopic (exact) mass is 416 g/mol. The largest absolute Gasteiger partial charge is 0.325 e. The summed E-state index contributed by atoms with van der Waals surface area (Å²) in [5, 5.41) is 14.3. The zero-order valence-corrected chi connectivity index (χ0v) is 16.6. The van der Waals surface area contributed by atoms with Crippen LogP contribution in [-0.4, -0.2) is 49.3 Å². The Bertz CT molecular complexity index is 1020. The lowest BCUT2D eigenvalue weighted by Crippen LogP contribution is -2.43. The molecule has 1 aromatic carbocycles. The topological polar surface area (TPSA) is 93.0 Å². The van der Waals surface area contributed by atoms with Crippen LogP contribution in [0, 0.1) is 6.92 Å². The molecule has 1 atom stereocenters. The first kappa shape index (κ1) is 18.6. The summed E-state index contributed by atoms with van der Waals surface area (Å²) in [6, 6.07) is 6.52. The smallest absolute Gasteiger partial charge is 0.277 e. The molecule has 1 saturated heterocycles. The number of aryl methyl sites for hydroxylation is 1. The second-order valence-electron chi connectivity index (χ2n) is 6.39. The molecule has 0 spiro atoms.